The van der Waals surface area contributed by atoms with Gasteiger partial charge in [-0.2, -0.15) is 0 Å². The molecule has 1 N–H and O–H groups in total. The van der Waals surface area contributed by atoms with Crippen molar-refractivity contribution in [3.63, 3.8) is 0 Å². The van der Waals surface area contributed by atoms with E-state index >= 15 is 0 Å². The standard InChI is InChI=1S/C11H16BrNO3S/c1-4-5-13-17(14,15)11-7-9(12)8(2)6-10(11)16-3/h6-7,13H,4-5H2,1-3H3. The van der Waals surface area contributed by atoms with Crippen LogP contribution in [0.4, 0.5) is 0 Å². The van der Waals surface area contributed by atoms with Crippen molar-refractivity contribution in [3.8, 4) is 5.75 Å². The molecular weight excluding hydrogens is 306 g/mol. The molecule has 0 aliphatic rings. The molecular formula is C11H16BrNO3S. The number of nitrogens with one attached hydrogen (secondary N) is 1. The summed E-state index contributed by atoms with van der Waals surface area (Å²) < 4.78 is 32.4. The molecule has 0 fully saturated rings. The second-order valence-electron chi connectivity index (χ2n) is 3.65. The van der Waals surface area contributed by atoms with E-state index in [0.717, 1.165) is 16.5 Å². The van der Waals surface area contributed by atoms with Gasteiger partial charge < -0.3 is 4.74 Å². The number of halogens is 1. The monoisotopic (exact) mass is 321 g/mol. The molecule has 0 spiro atoms. The molecule has 0 saturated heterocycles. The van der Waals surface area contributed by atoms with Crippen molar-refractivity contribution in [1.29, 1.82) is 0 Å². The number of hydrogen-bond acceptors (Lipinski definition) is 3. The maximum absolute atomic E-state index is 12.0. The maximum atomic E-state index is 12.0. The van der Waals surface area contributed by atoms with Crippen LogP contribution in [0.3, 0.4) is 0 Å². The Morgan fingerprint density at radius 3 is 2.59 bits per heavy atom. The molecule has 96 valence electrons. The van der Waals surface area contributed by atoms with E-state index in [2.05, 4.69) is 20.7 Å². The molecule has 0 atom stereocenters. The van der Waals surface area contributed by atoms with Gasteiger partial charge in [-0.3, -0.25) is 0 Å². The average Bonchev–Trinajstić information content (AvgIpc) is 2.29. The molecule has 1 aromatic rings. The van der Waals surface area contributed by atoms with E-state index in [1.807, 2.05) is 13.8 Å². The van der Waals surface area contributed by atoms with Gasteiger partial charge in [-0.15, -0.1) is 0 Å². The molecule has 0 aliphatic carbocycles. The Morgan fingerprint density at radius 1 is 1.41 bits per heavy atom. The molecule has 1 aromatic carbocycles. The largest absolute Gasteiger partial charge is 0.495 e. The van der Waals surface area contributed by atoms with E-state index in [1.165, 1.54) is 7.11 Å². The lowest BCUT2D eigenvalue weighted by Gasteiger charge is -2.12. The number of aryl methyl sites for hydroxylation is 1. The molecule has 0 aliphatic heterocycles. The van der Waals surface area contributed by atoms with Crippen molar-refractivity contribution < 1.29 is 13.2 Å². The van der Waals surface area contributed by atoms with Crippen LogP contribution in [0.1, 0.15) is 18.9 Å². The van der Waals surface area contributed by atoms with E-state index < -0.39 is 10.0 Å². The third kappa shape index (κ3) is 3.43. The number of hydrogen-bond donors (Lipinski definition) is 1. The summed E-state index contributed by atoms with van der Waals surface area (Å²) >= 11 is 3.32. The van der Waals surface area contributed by atoms with Crippen LogP contribution in [0.25, 0.3) is 0 Å². The van der Waals surface area contributed by atoms with Crippen LogP contribution in [0.2, 0.25) is 0 Å². The summed E-state index contributed by atoms with van der Waals surface area (Å²) in [6, 6.07) is 3.26. The lowest BCUT2D eigenvalue weighted by atomic mass is 10.2. The zero-order chi connectivity index (χ0) is 13.1. The Bertz CT molecular complexity index is 500. The van der Waals surface area contributed by atoms with Crippen LogP contribution >= 0.6 is 15.9 Å². The van der Waals surface area contributed by atoms with Gasteiger partial charge in [0, 0.05) is 11.0 Å². The fourth-order valence-corrected chi connectivity index (χ4v) is 3.12. The first kappa shape index (κ1) is 14.5. The zero-order valence-electron chi connectivity index (χ0n) is 10.1. The fourth-order valence-electron chi connectivity index (χ4n) is 1.32. The number of methoxy groups -OCH3 is 1. The Morgan fingerprint density at radius 2 is 2.06 bits per heavy atom. The van der Waals surface area contributed by atoms with Gasteiger partial charge in [-0.25, -0.2) is 13.1 Å². The highest BCUT2D eigenvalue weighted by Gasteiger charge is 2.20. The Kier molecular flexibility index (Phi) is 4.97. The quantitative estimate of drug-likeness (QED) is 0.906. The SMILES string of the molecule is CCCNS(=O)(=O)c1cc(Br)c(C)cc1OC. The third-order valence-corrected chi connectivity index (χ3v) is 4.61. The molecule has 6 heteroatoms. The summed E-state index contributed by atoms with van der Waals surface area (Å²) in [6.07, 6.45) is 0.745. The van der Waals surface area contributed by atoms with Crippen molar-refractivity contribution >= 4 is 26.0 Å². The van der Waals surface area contributed by atoms with Crippen LogP contribution in [0, 0.1) is 6.92 Å². The number of ether oxygens (including phenoxy) is 1. The van der Waals surface area contributed by atoms with Crippen LogP contribution < -0.4 is 9.46 Å². The van der Waals surface area contributed by atoms with Gasteiger partial charge in [0.1, 0.15) is 10.6 Å². The smallest absolute Gasteiger partial charge is 0.244 e. The number of sulfonamides is 1. The summed E-state index contributed by atoms with van der Waals surface area (Å²) in [5.74, 6) is 0.356. The maximum Gasteiger partial charge on any atom is 0.244 e. The highest BCUT2D eigenvalue weighted by molar-refractivity contribution is 9.10. The predicted octanol–water partition coefficient (Wildman–Crippen LogP) is 2.45. The first-order valence-corrected chi connectivity index (χ1v) is 7.53. The fraction of sp³-hybridized carbons (Fsp3) is 0.455. The van der Waals surface area contributed by atoms with Gasteiger partial charge in [-0.05, 0) is 31.0 Å². The molecule has 4 nitrogen and oxygen atoms in total. The lowest BCUT2D eigenvalue weighted by Crippen LogP contribution is -2.25. The van der Waals surface area contributed by atoms with E-state index in [4.69, 9.17) is 4.74 Å². The first-order chi connectivity index (χ1) is 7.92. The van der Waals surface area contributed by atoms with Gasteiger partial charge in [0.15, 0.2) is 0 Å². The molecule has 17 heavy (non-hydrogen) atoms. The minimum absolute atomic E-state index is 0.158. The van der Waals surface area contributed by atoms with Crippen LogP contribution in [0.15, 0.2) is 21.5 Å². The average molecular weight is 322 g/mol. The molecule has 0 radical (unpaired) electrons. The summed E-state index contributed by atoms with van der Waals surface area (Å²) in [4.78, 5) is 0.158. The summed E-state index contributed by atoms with van der Waals surface area (Å²) in [7, 11) is -2.05. The van der Waals surface area contributed by atoms with Crippen molar-refractivity contribution in [3.05, 3.63) is 22.2 Å². The molecule has 0 bridgehead atoms. The minimum Gasteiger partial charge on any atom is -0.495 e. The van der Waals surface area contributed by atoms with Crippen molar-refractivity contribution in [1.82, 2.24) is 4.72 Å². The number of benzene rings is 1. The topological polar surface area (TPSA) is 55.4 Å². The number of rotatable bonds is 5. The molecule has 1 rings (SSSR count). The van der Waals surface area contributed by atoms with Gasteiger partial charge in [0.05, 0.1) is 7.11 Å². The van der Waals surface area contributed by atoms with Crippen LogP contribution in [-0.2, 0) is 10.0 Å². The van der Waals surface area contributed by atoms with Gasteiger partial charge >= 0.3 is 0 Å². The van der Waals surface area contributed by atoms with Crippen LogP contribution in [-0.4, -0.2) is 22.1 Å². The minimum atomic E-state index is -3.51. The molecule has 0 amide bonds. The lowest BCUT2D eigenvalue weighted by molar-refractivity contribution is 0.402. The van der Waals surface area contributed by atoms with Crippen molar-refractivity contribution in [2.45, 2.75) is 25.2 Å². The van der Waals surface area contributed by atoms with Gasteiger partial charge in [0.2, 0.25) is 10.0 Å². The summed E-state index contributed by atoms with van der Waals surface area (Å²) in [6.45, 7) is 4.20. The van der Waals surface area contributed by atoms with E-state index in [1.54, 1.807) is 12.1 Å². The normalized spacial score (nSPS) is 11.5. The molecule has 0 heterocycles. The van der Waals surface area contributed by atoms with Gasteiger partial charge in [-0.1, -0.05) is 22.9 Å². The molecule has 0 aromatic heterocycles. The second-order valence-corrected chi connectivity index (χ2v) is 6.24. The highest BCUT2D eigenvalue weighted by atomic mass is 79.9. The highest BCUT2D eigenvalue weighted by Crippen LogP contribution is 2.30. The predicted molar refractivity (Wildman–Crippen MR) is 70.9 cm³/mol. The molecule has 0 unspecified atom stereocenters. The summed E-state index contributed by atoms with van der Waals surface area (Å²) in [5, 5.41) is 0. The molecule has 0 saturated carbocycles. The van der Waals surface area contributed by atoms with Gasteiger partial charge in [0.25, 0.3) is 0 Å². The van der Waals surface area contributed by atoms with E-state index in [-0.39, 0.29) is 4.90 Å². The summed E-state index contributed by atoms with van der Waals surface area (Å²) in [5.41, 5.74) is 0.927. The zero-order valence-corrected chi connectivity index (χ0v) is 12.5. The van der Waals surface area contributed by atoms with Crippen LogP contribution in [0.5, 0.6) is 5.75 Å². The Hall–Kier alpha value is -0.590. The van der Waals surface area contributed by atoms with Crippen molar-refractivity contribution in [2.24, 2.45) is 0 Å². The van der Waals surface area contributed by atoms with Crippen molar-refractivity contribution in [2.75, 3.05) is 13.7 Å². The second kappa shape index (κ2) is 5.84. The third-order valence-electron chi connectivity index (χ3n) is 2.28. The van der Waals surface area contributed by atoms with E-state index in [0.29, 0.717) is 12.3 Å². The Balaban J connectivity index is 3.25. The first-order valence-electron chi connectivity index (χ1n) is 5.26. The Labute approximate surface area is 111 Å². The van der Waals surface area contributed by atoms with E-state index in [9.17, 15) is 8.42 Å².